The number of thiol groups is 1. The van der Waals surface area contributed by atoms with Crippen LogP contribution in [0, 0.1) is 0 Å². The second-order valence-electron chi connectivity index (χ2n) is 3.46. The zero-order valence-electron chi connectivity index (χ0n) is 9.98. The molecule has 1 rings (SSSR count). The highest BCUT2D eigenvalue weighted by Gasteiger charge is 2.38. The predicted molar refractivity (Wildman–Crippen MR) is 73.7 cm³/mol. The summed E-state index contributed by atoms with van der Waals surface area (Å²) in [6, 6.07) is 11.2. The van der Waals surface area contributed by atoms with Crippen LogP contribution in [0.1, 0.15) is 13.8 Å². The quantitative estimate of drug-likeness (QED) is 0.596. The van der Waals surface area contributed by atoms with Gasteiger partial charge in [0, 0.05) is 19.3 Å². The largest absolute Gasteiger partial charge is 0.391 e. The van der Waals surface area contributed by atoms with Gasteiger partial charge in [-0.05, 0) is 24.8 Å². The SMILES string of the molecule is CCO[Si](CCS)(OCC)c1ccccc1. The molecule has 2 nitrogen and oxygen atoms in total. The first-order chi connectivity index (χ1) is 7.79. The van der Waals surface area contributed by atoms with Crippen LogP contribution >= 0.6 is 12.6 Å². The average molecular weight is 256 g/mol. The van der Waals surface area contributed by atoms with Crippen molar-refractivity contribution in [2.24, 2.45) is 0 Å². The zero-order chi connectivity index (χ0) is 11.9. The molecule has 0 saturated carbocycles. The normalized spacial score (nSPS) is 11.7. The summed E-state index contributed by atoms with van der Waals surface area (Å²) in [5.74, 6) is 0.793. The smallest absolute Gasteiger partial charge is 0.373 e. The lowest BCUT2D eigenvalue weighted by Crippen LogP contribution is -2.54. The highest BCUT2D eigenvalue weighted by Crippen LogP contribution is 2.15. The summed E-state index contributed by atoms with van der Waals surface area (Å²) in [5, 5.41) is 1.20. The van der Waals surface area contributed by atoms with Gasteiger partial charge in [0.1, 0.15) is 0 Å². The average Bonchev–Trinajstić information content (AvgIpc) is 2.31. The lowest BCUT2D eigenvalue weighted by Gasteiger charge is -2.29. The van der Waals surface area contributed by atoms with Crippen molar-refractivity contribution >= 4 is 26.4 Å². The third-order valence-corrected chi connectivity index (χ3v) is 6.69. The Kier molecular flexibility index (Phi) is 6.12. The Morgan fingerprint density at radius 3 is 2.06 bits per heavy atom. The van der Waals surface area contributed by atoms with Gasteiger partial charge in [0.25, 0.3) is 0 Å². The maximum Gasteiger partial charge on any atom is 0.373 e. The standard InChI is InChI=1S/C12H20O2SSi/c1-3-13-16(11-10-15,14-4-2)12-8-6-5-7-9-12/h5-9,15H,3-4,10-11H2,1-2H3. The molecule has 4 heteroatoms. The van der Waals surface area contributed by atoms with E-state index in [9.17, 15) is 0 Å². The molecule has 0 saturated heterocycles. The number of benzene rings is 1. The molecule has 0 unspecified atom stereocenters. The molecule has 90 valence electrons. The Labute approximate surface area is 105 Å². The van der Waals surface area contributed by atoms with Crippen molar-refractivity contribution < 1.29 is 8.85 Å². The third kappa shape index (κ3) is 3.35. The molecular formula is C12H20O2SSi. The van der Waals surface area contributed by atoms with Crippen molar-refractivity contribution in [3.05, 3.63) is 30.3 Å². The summed E-state index contributed by atoms with van der Waals surface area (Å²) in [7, 11) is -2.25. The summed E-state index contributed by atoms with van der Waals surface area (Å²) in [6.45, 7) is 5.41. The van der Waals surface area contributed by atoms with E-state index in [0.717, 1.165) is 11.8 Å². The maximum absolute atomic E-state index is 5.96. The van der Waals surface area contributed by atoms with Crippen LogP contribution in [0.3, 0.4) is 0 Å². The molecule has 16 heavy (non-hydrogen) atoms. The van der Waals surface area contributed by atoms with E-state index < -0.39 is 8.56 Å². The molecule has 0 aliphatic rings. The fraction of sp³-hybridized carbons (Fsp3) is 0.500. The van der Waals surface area contributed by atoms with E-state index in [1.807, 2.05) is 32.0 Å². The molecule has 0 aliphatic carbocycles. The molecule has 0 fully saturated rings. The minimum Gasteiger partial charge on any atom is -0.391 e. The first kappa shape index (κ1) is 13.8. The van der Waals surface area contributed by atoms with Gasteiger partial charge in [0.2, 0.25) is 0 Å². The lowest BCUT2D eigenvalue weighted by atomic mass is 10.4. The third-order valence-electron chi connectivity index (χ3n) is 2.41. The highest BCUT2D eigenvalue weighted by atomic mass is 32.1. The molecule has 0 radical (unpaired) electrons. The van der Waals surface area contributed by atoms with Crippen molar-refractivity contribution in [2.75, 3.05) is 19.0 Å². The summed E-state index contributed by atoms with van der Waals surface area (Å²) in [6.07, 6.45) is 0. The van der Waals surface area contributed by atoms with E-state index in [1.165, 1.54) is 5.19 Å². The van der Waals surface area contributed by atoms with E-state index in [4.69, 9.17) is 8.85 Å². The van der Waals surface area contributed by atoms with E-state index >= 15 is 0 Å². The fourth-order valence-electron chi connectivity index (χ4n) is 1.80. The van der Waals surface area contributed by atoms with Gasteiger partial charge >= 0.3 is 8.56 Å². The van der Waals surface area contributed by atoms with Gasteiger partial charge < -0.3 is 8.85 Å². The Morgan fingerprint density at radius 1 is 1.06 bits per heavy atom. The number of rotatable bonds is 7. The summed E-state index contributed by atoms with van der Waals surface area (Å²) < 4.78 is 11.9. The van der Waals surface area contributed by atoms with Gasteiger partial charge in [-0.1, -0.05) is 30.3 Å². The first-order valence-corrected chi connectivity index (χ1v) is 8.39. The second-order valence-corrected chi connectivity index (χ2v) is 7.07. The van der Waals surface area contributed by atoms with Crippen LogP contribution in [0.4, 0.5) is 0 Å². The Bertz CT molecular complexity index is 275. The van der Waals surface area contributed by atoms with Gasteiger partial charge in [0.05, 0.1) is 0 Å². The van der Waals surface area contributed by atoms with Crippen LogP contribution in [0.15, 0.2) is 30.3 Å². The van der Waals surface area contributed by atoms with Crippen molar-refractivity contribution in [2.45, 2.75) is 19.9 Å². The fourth-order valence-corrected chi connectivity index (χ4v) is 5.61. The molecule has 0 bridgehead atoms. The van der Waals surface area contributed by atoms with Crippen LogP contribution in [0.2, 0.25) is 6.04 Å². The van der Waals surface area contributed by atoms with Gasteiger partial charge in [-0.25, -0.2) is 0 Å². The minimum absolute atomic E-state index is 0.689. The Hall–Kier alpha value is -0.293. The number of hydrogen-bond acceptors (Lipinski definition) is 3. The second kappa shape index (κ2) is 7.11. The van der Waals surface area contributed by atoms with Crippen LogP contribution in [0.5, 0.6) is 0 Å². The van der Waals surface area contributed by atoms with Crippen LogP contribution < -0.4 is 5.19 Å². The van der Waals surface area contributed by atoms with Crippen molar-refractivity contribution in [1.29, 1.82) is 0 Å². The molecule has 0 N–H and O–H groups in total. The van der Waals surface area contributed by atoms with Crippen molar-refractivity contribution in [3.63, 3.8) is 0 Å². The highest BCUT2D eigenvalue weighted by molar-refractivity contribution is 7.80. The topological polar surface area (TPSA) is 18.5 Å². The summed E-state index contributed by atoms with van der Waals surface area (Å²) in [5.41, 5.74) is 0. The molecule has 0 aromatic heterocycles. The van der Waals surface area contributed by atoms with Crippen LogP contribution in [-0.2, 0) is 8.85 Å². The summed E-state index contributed by atoms with van der Waals surface area (Å²) >= 11 is 4.32. The van der Waals surface area contributed by atoms with E-state index in [2.05, 4.69) is 24.8 Å². The van der Waals surface area contributed by atoms with Crippen LogP contribution in [-0.4, -0.2) is 27.5 Å². The van der Waals surface area contributed by atoms with E-state index in [0.29, 0.717) is 13.2 Å². The van der Waals surface area contributed by atoms with Gasteiger partial charge in [-0.2, -0.15) is 12.6 Å². The van der Waals surface area contributed by atoms with Gasteiger partial charge in [-0.15, -0.1) is 0 Å². The number of hydrogen-bond donors (Lipinski definition) is 1. The van der Waals surface area contributed by atoms with E-state index in [1.54, 1.807) is 0 Å². The van der Waals surface area contributed by atoms with Crippen LogP contribution in [0.25, 0.3) is 0 Å². The molecule has 0 heterocycles. The zero-order valence-corrected chi connectivity index (χ0v) is 11.9. The molecule has 0 spiro atoms. The predicted octanol–water partition coefficient (Wildman–Crippen LogP) is 2.34. The molecule has 0 atom stereocenters. The Balaban J connectivity index is 2.99. The van der Waals surface area contributed by atoms with Gasteiger partial charge in [0.15, 0.2) is 0 Å². The first-order valence-electron chi connectivity index (χ1n) is 5.73. The Morgan fingerprint density at radius 2 is 1.62 bits per heavy atom. The van der Waals surface area contributed by atoms with E-state index in [-0.39, 0.29) is 0 Å². The maximum atomic E-state index is 5.96. The molecule has 1 aromatic carbocycles. The summed E-state index contributed by atoms with van der Waals surface area (Å²) in [4.78, 5) is 0. The lowest BCUT2D eigenvalue weighted by molar-refractivity contribution is 0.197. The van der Waals surface area contributed by atoms with Crippen molar-refractivity contribution in [3.8, 4) is 0 Å². The minimum atomic E-state index is -2.25. The molecular weight excluding hydrogens is 236 g/mol. The molecule has 0 amide bonds. The molecule has 0 aliphatic heterocycles. The van der Waals surface area contributed by atoms with Crippen molar-refractivity contribution in [1.82, 2.24) is 0 Å². The molecule has 1 aromatic rings. The van der Waals surface area contributed by atoms with Gasteiger partial charge in [-0.3, -0.25) is 0 Å². The monoisotopic (exact) mass is 256 g/mol.